The summed E-state index contributed by atoms with van der Waals surface area (Å²) in [6, 6.07) is 4.31. The molecular formula is C20H37BrO2Si2. The molecule has 1 aromatic rings. The summed E-state index contributed by atoms with van der Waals surface area (Å²) in [5.74, 6) is 2.01. The Morgan fingerprint density at radius 3 is 1.68 bits per heavy atom. The average molecular weight is 446 g/mol. The summed E-state index contributed by atoms with van der Waals surface area (Å²) in [4.78, 5) is 0. The van der Waals surface area contributed by atoms with E-state index in [2.05, 4.69) is 103 Å². The van der Waals surface area contributed by atoms with Gasteiger partial charge in [0.15, 0.2) is 0 Å². The van der Waals surface area contributed by atoms with Crippen molar-refractivity contribution in [2.75, 3.05) is 0 Å². The Morgan fingerprint density at radius 2 is 1.28 bits per heavy atom. The van der Waals surface area contributed by atoms with Gasteiger partial charge >= 0.3 is 0 Å². The maximum atomic E-state index is 6.64. The third kappa shape index (κ3) is 5.36. The zero-order valence-electron chi connectivity index (χ0n) is 18.1. The van der Waals surface area contributed by atoms with E-state index in [1.165, 1.54) is 5.56 Å². The van der Waals surface area contributed by atoms with Crippen LogP contribution in [0.3, 0.4) is 0 Å². The fraction of sp³-hybridized carbons (Fsp3) is 0.700. The van der Waals surface area contributed by atoms with E-state index in [-0.39, 0.29) is 10.1 Å². The minimum absolute atomic E-state index is 0.180. The molecule has 0 unspecified atom stereocenters. The smallest absolute Gasteiger partial charge is 0.250 e. The van der Waals surface area contributed by atoms with Gasteiger partial charge in [0.1, 0.15) is 11.5 Å². The average Bonchev–Trinajstić information content (AvgIpc) is 2.38. The molecule has 0 bridgehead atoms. The first-order chi connectivity index (χ1) is 11.0. The zero-order chi connectivity index (χ0) is 19.8. The van der Waals surface area contributed by atoms with Gasteiger partial charge in [-0.25, -0.2) is 0 Å². The van der Waals surface area contributed by atoms with Crippen molar-refractivity contribution in [3.8, 4) is 11.5 Å². The second-order valence-electron chi connectivity index (χ2n) is 10.1. The van der Waals surface area contributed by atoms with Crippen LogP contribution in [0.1, 0.15) is 52.7 Å². The van der Waals surface area contributed by atoms with Crippen LogP contribution in [-0.4, -0.2) is 16.6 Å². The van der Waals surface area contributed by atoms with E-state index in [9.17, 15) is 0 Å². The molecule has 1 aromatic carbocycles. The third-order valence-electron chi connectivity index (χ3n) is 5.81. The van der Waals surface area contributed by atoms with E-state index in [0.717, 1.165) is 22.4 Å². The van der Waals surface area contributed by atoms with Gasteiger partial charge in [-0.3, -0.25) is 0 Å². The third-order valence-corrected chi connectivity index (χ3v) is 15.1. The summed E-state index contributed by atoms with van der Waals surface area (Å²) in [7, 11) is -3.72. The minimum atomic E-state index is -1.87. The second kappa shape index (κ2) is 7.39. The molecule has 0 N–H and O–H groups in total. The molecular weight excluding hydrogens is 408 g/mol. The summed E-state index contributed by atoms with van der Waals surface area (Å²) in [5, 5.41) is 1.14. The molecule has 0 aliphatic heterocycles. The molecule has 0 fully saturated rings. The van der Waals surface area contributed by atoms with Crippen LogP contribution in [-0.2, 0) is 5.33 Å². The Labute approximate surface area is 166 Å². The second-order valence-corrected chi connectivity index (χ2v) is 20.1. The highest BCUT2D eigenvalue weighted by atomic mass is 79.9. The first-order valence-electron chi connectivity index (χ1n) is 9.09. The summed E-state index contributed by atoms with van der Waals surface area (Å²) in [6.45, 7) is 24.9. The molecule has 0 aliphatic rings. The van der Waals surface area contributed by atoms with Gasteiger partial charge in [0.05, 0.1) is 0 Å². The summed E-state index contributed by atoms with van der Waals surface area (Å²) in [6.07, 6.45) is 0. The molecule has 0 saturated carbocycles. The zero-order valence-corrected chi connectivity index (χ0v) is 21.6. The molecule has 0 spiro atoms. The Kier molecular flexibility index (Phi) is 6.73. The fourth-order valence-corrected chi connectivity index (χ4v) is 4.51. The van der Waals surface area contributed by atoms with E-state index < -0.39 is 16.6 Å². The predicted octanol–water partition coefficient (Wildman–Crippen LogP) is 7.66. The SMILES string of the molecule is Cc1cc(O[Si](C)(C)C(C)(C)C)cc(CBr)c1O[Si](C)(C)C(C)(C)C. The minimum Gasteiger partial charge on any atom is -0.543 e. The lowest BCUT2D eigenvalue weighted by molar-refractivity contribution is 0.476. The van der Waals surface area contributed by atoms with E-state index in [1.807, 2.05) is 0 Å². The lowest BCUT2D eigenvalue weighted by Crippen LogP contribution is -2.44. The standard InChI is InChI=1S/C20H37BrO2Si2/c1-15-12-17(22-24(8,9)19(2,3)4)13-16(14-21)18(15)23-25(10,11)20(5,6)7/h12-13H,14H2,1-11H3. The van der Waals surface area contributed by atoms with Gasteiger partial charge in [-0.2, -0.15) is 0 Å². The Bertz CT molecular complexity index is 611. The van der Waals surface area contributed by atoms with Crippen LogP contribution in [0.25, 0.3) is 0 Å². The predicted molar refractivity (Wildman–Crippen MR) is 119 cm³/mol. The number of rotatable bonds is 5. The largest absolute Gasteiger partial charge is 0.543 e. The molecule has 0 saturated heterocycles. The lowest BCUT2D eigenvalue weighted by Gasteiger charge is -2.38. The summed E-state index contributed by atoms with van der Waals surface area (Å²) < 4.78 is 13.2. The molecule has 5 heteroatoms. The molecule has 0 atom stereocenters. The molecule has 144 valence electrons. The van der Waals surface area contributed by atoms with Crippen LogP contribution in [0.4, 0.5) is 0 Å². The van der Waals surface area contributed by atoms with Crippen LogP contribution >= 0.6 is 15.9 Å². The van der Waals surface area contributed by atoms with Crippen molar-refractivity contribution in [2.24, 2.45) is 0 Å². The normalized spacial score (nSPS) is 13.8. The number of hydrogen-bond acceptors (Lipinski definition) is 2. The molecule has 25 heavy (non-hydrogen) atoms. The summed E-state index contributed by atoms with van der Waals surface area (Å²) in [5.41, 5.74) is 2.34. The maximum Gasteiger partial charge on any atom is 0.250 e. The highest BCUT2D eigenvalue weighted by molar-refractivity contribution is 9.08. The molecule has 1 rings (SSSR count). The van der Waals surface area contributed by atoms with Crippen LogP contribution in [0.5, 0.6) is 11.5 Å². The summed E-state index contributed by atoms with van der Waals surface area (Å²) >= 11 is 3.65. The Morgan fingerprint density at radius 1 is 0.840 bits per heavy atom. The molecule has 0 amide bonds. The van der Waals surface area contributed by atoms with Gasteiger partial charge in [0, 0.05) is 10.9 Å². The molecule has 0 radical (unpaired) electrons. The first-order valence-corrected chi connectivity index (χ1v) is 16.0. The molecule has 0 heterocycles. The van der Waals surface area contributed by atoms with Gasteiger partial charge in [0.25, 0.3) is 8.32 Å². The molecule has 0 aromatic heterocycles. The van der Waals surface area contributed by atoms with Crippen LogP contribution in [0.2, 0.25) is 36.3 Å². The van der Waals surface area contributed by atoms with Crippen LogP contribution < -0.4 is 8.85 Å². The van der Waals surface area contributed by atoms with Crippen molar-refractivity contribution in [1.82, 2.24) is 0 Å². The first kappa shape index (κ1) is 22.8. The molecule has 2 nitrogen and oxygen atoms in total. The topological polar surface area (TPSA) is 18.5 Å². The number of benzene rings is 1. The quantitative estimate of drug-likeness (QED) is 0.342. The van der Waals surface area contributed by atoms with E-state index in [0.29, 0.717) is 0 Å². The van der Waals surface area contributed by atoms with Crippen LogP contribution in [0, 0.1) is 6.92 Å². The Hall–Kier alpha value is -0.266. The monoisotopic (exact) mass is 444 g/mol. The number of hydrogen-bond donors (Lipinski definition) is 0. The van der Waals surface area contributed by atoms with Crippen molar-refractivity contribution in [1.29, 1.82) is 0 Å². The highest BCUT2D eigenvalue weighted by Crippen LogP contribution is 2.42. The van der Waals surface area contributed by atoms with Crippen molar-refractivity contribution in [3.63, 3.8) is 0 Å². The molecule has 0 aliphatic carbocycles. The van der Waals surface area contributed by atoms with Gasteiger partial charge in [-0.1, -0.05) is 57.5 Å². The van der Waals surface area contributed by atoms with Gasteiger partial charge < -0.3 is 8.85 Å². The highest BCUT2D eigenvalue weighted by Gasteiger charge is 2.41. The van der Waals surface area contributed by atoms with Gasteiger partial charge in [0.2, 0.25) is 8.32 Å². The number of alkyl halides is 1. The van der Waals surface area contributed by atoms with Gasteiger partial charge in [-0.15, -0.1) is 0 Å². The number of aryl methyl sites for hydroxylation is 1. The van der Waals surface area contributed by atoms with Crippen molar-refractivity contribution in [2.45, 2.75) is 90.1 Å². The van der Waals surface area contributed by atoms with Crippen molar-refractivity contribution in [3.05, 3.63) is 23.3 Å². The van der Waals surface area contributed by atoms with Crippen molar-refractivity contribution >= 4 is 32.6 Å². The lowest BCUT2D eigenvalue weighted by atomic mass is 10.1. The van der Waals surface area contributed by atoms with Gasteiger partial charge in [-0.05, 0) is 60.9 Å². The number of halogens is 1. The van der Waals surface area contributed by atoms with Crippen molar-refractivity contribution < 1.29 is 8.85 Å². The van der Waals surface area contributed by atoms with E-state index >= 15 is 0 Å². The maximum absolute atomic E-state index is 6.64. The Balaban J connectivity index is 3.26. The van der Waals surface area contributed by atoms with E-state index in [4.69, 9.17) is 8.85 Å². The van der Waals surface area contributed by atoms with Crippen LogP contribution in [0.15, 0.2) is 12.1 Å². The fourth-order valence-electron chi connectivity index (χ4n) is 1.97. The van der Waals surface area contributed by atoms with E-state index in [1.54, 1.807) is 0 Å².